The summed E-state index contributed by atoms with van der Waals surface area (Å²) in [5.74, 6) is -0.175. The molecule has 1 aliphatic carbocycles. The zero-order valence-electron chi connectivity index (χ0n) is 17.7. The summed E-state index contributed by atoms with van der Waals surface area (Å²) in [5.41, 5.74) is -0.300. The summed E-state index contributed by atoms with van der Waals surface area (Å²) in [6.07, 6.45) is -7.54. The lowest BCUT2D eigenvalue weighted by Gasteiger charge is -2.14. The number of aromatic nitrogens is 3. The molecule has 3 aromatic rings. The molecule has 15 heteroatoms. The van der Waals surface area contributed by atoms with Crippen LogP contribution in [0.2, 0.25) is 0 Å². The lowest BCUT2D eigenvalue weighted by atomic mass is 10.1. The molecule has 4 rings (SSSR count). The highest BCUT2D eigenvalue weighted by Crippen LogP contribution is 2.40. The van der Waals surface area contributed by atoms with Crippen LogP contribution >= 0.6 is 0 Å². The molecule has 0 amide bonds. The SMILES string of the molecule is NS(=O)(=O)c1cc(CNc2nc(NCC(F)(F)F)c3nc(C4CC4)ccc3n2)cc(C(F)(F)F)c1. The number of nitrogens with one attached hydrogen (secondary N) is 2. The first-order valence-electron chi connectivity index (χ1n) is 10.2. The van der Waals surface area contributed by atoms with Gasteiger partial charge in [-0.1, -0.05) is 0 Å². The van der Waals surface area contributed by atoms with Crippen LogP contribution in [0.25, 0.3) is 11.0 Å². The number of hydrogen-bond donors (Lipinski definition) is 3. The van der Waals surface area contributed by atoms with Gasteiger partial charge in [-0.3, -0.25) is 0 Å². The van der Waals surface area contributed by atoms with Crippen molar-refractivity contribution in [3.8, 4) is 0 Å². The van der Waals surface area contributed by atoms with Crippen molar-refractivity contribution in [3.63, 3.8) is 0 Å². The first-order valence-corrected chi connectivity index (χ1v) is 11.7. The van der Waals surface area contributed by atoms with Gasteiger partial charge in [-0.25, -0.2) is 23.5 Å². The van der Waals surface area contributed by atoms with Crippen molar-refractivity contribution in [2.75, 3.05) is 17.2 Å². The number of rotatable bonds is 7. The molecule has 0 atom stereocenters. The topological polar surface area (TPSA) is 123 Å². The Kier molecular flexibility index (Phi) is 6.25. The van der Waals surface area contributed by atoms with Gasteiger partial charge in [-0.15, -0.1) is 0 Å². The number of fused-ring (bicyclic) bond motifs is 1. The van der Waals surface area contributed by atoms with Gasteiger partial charge in [0, 0.05) is 18.2 Å². The number of halogens is 6. The van der Waals surface area contributed by atoms with E-state index in [0.717, 1.165) is 25.0 Å². The molecule has 2 heterocycles. The Bertz CT molecular complexity index is 1370. The first-order chi connectivity index (χ1) is 16.2. The number of sulfonamides is 1. The number of hydrogen-bond acceptors (Lipinski definition) is 7. The van der Waals surface area contributed by atoms with Crippen LogP contribution in [0.3, 0.4) is 0 Å². The van der Waals surface area contributed by atoms with Crippen molar-refractivity contribution in [3.05, 3.63) is 47.2 Å². The first kappa shape index (κ1) is 24.9. The number of alkyl halides is 6. The Balaban J connectivity index is 1.67. The van der Waals surface area contributed by atoms with E-state index in [1.54, 1.807) is 12.1 Å². The van der Waals surface area contributed by atoms with Crippen LogP contribution in [0.1, 0.15) is 35.6 Å². The standard InChI is InChI=1S/C20H18F6N6O2S/c21-19(22,23)9-29-17-16-15(4-3-14(30-16)11-1-2-11)31-18(32-17)28-8-10-5-12(20(24,25)26)7-13(6-10)35(27,33)34/h3-7,11H,1-2,8-9H2,(H2,27,33,34)(H2,28,29,31,32). The molecule has 2 aromatic heterocycles. The van der Waals surface area contributed by atoms with Crippen molar-refractivity contribution in [1.82, 2.24) is 15.0 Å². The van der Waals surface area contributed by atoms with E-state index in [0.29, 0.717) is 11.8 Å². The van der Waals surface area contributed by atoms with E-state index < -0.39 is 39.4 Å². The molecule has 1 saturated carbocycles. The van der Waals surface area contributed by atoms with Crippen molar-refractivity contribution in [2.45, 2.75) is 42.6 Å². The number of benzene rings is 1. The highest BCUT2D eigenvalue weighted by atomic mass is 32.2. The molecule has 0 radical (unpaired) electrons. The average Bonchev–Trinajstić information content (AvgIpc) is 3.59. The number of nitrogens with two attached hydrogens (primary N) is 1. The van der Waals surface area contributed by atoms with E-state index >= 15 is 0 Å². The zero-order valence-corrected chi connectivity index (χ0v) is 18.5. The van der Waals surface area contributed by atoms with Gasteiger partial charge < -0.3 is 10.6 Å². The quantitative estimate of drug-likeness (QED) is 0.400. The molecular formula is C20H18F6N6O2S. The normalized spacial score (nSPS) is 14.8. The van der Waals surface area contributed by atoms with Crippen LogP contribution in [0.15, 0.2) is 35.2 Å². The van der Waals surface area contributed by atoms with E-state index in [1.165, 1.54) is 0 Å². The van der Waals surface area contributed by atoms with Gasteiger partial charge >= 0.3 is 12.4 Å². The Morgan fingerprint density at radius 3 is 2.29 bits per heavy atom. The van der Waals surface area contributed by atoms with Gasteiger partial charge in [0.05, 0.1) is 16.0 Å². The fraction of sp³-hybridized carbons (Fsp3) is 0.350. The Morgan fingerprint density at radius 1 is 0.971 bits per heavy atom. The summed E-state index contributed by atoms with van der Waals surface area (Å²) in [5, 5.41) is 9.80. The van der Waals surface area contributed by atoms with Gasteiger partial charge in [0.15, 0.2) is 5.82 Å². The van der Waals surface area contributed by atoms with Crippen LogP contribution in [0.4, 0.5) is 38.1 Å². The van der Waals surface area contributed by atoms with Gasteiger partial charge in [-0.05, 0) is 48.7 Å². The molecule has 0 bridgehead atoms. The number of primary sulfonamides is 1. The summed E-state index contributed by atoms with van der Waals surface area (Å²) in [6, 6.07) is 5.36. The third-order valence-corrected chi connectivity index (χ3v) is 5.98. The van der Waals surface area contributed by atoms with Crippen molar-refractivity contribution < 1.29 is 34.8 Å². The van der Waals surface area contributed by atoms with E-state index in [-0.39, 0.29) is 40.8 Å². The highest BCUT2D eigenvalue weighted by molar-refractivity contribution is 7.89. The summed E-state index contributed by atoms with van der Waals surface area (Å²) in [6.45, 7) is -1.76. The molecule has 35 heavy (non-hydrogen) atoms. The smallest absolute Gasteiger partial charge is 0.359 e. The van der Waals surface area contributed by atoms with Crippen LogP contribution in [0.5, 0.6) is 0 Å². The third kappa shape index (κ3) is 6.28. The minimum atomic E-state index is -4.84. The molecule has 188 valence electrons. The second-order valence-electron chi connectivity index (χ2n) is 8.00. The molecule has 0 unspecified atom stereocenters. The van der Waals surface area contributed by atoms with E-state index in [4.69, 9.17) is 5.14 Å². The Morgan fingerprint density at radius 2 is 1.69 bits per heavy atom. The molecular weight excluding hydrogens is 502 g/mol. The fourth-order valence-corrected chi connectivity index (χ4v) is 3.90. The summed E-state index contributed by atoms with van der Waals surface area (Å²) >= 11 is 0. The van der Waals surface area contributed by atoms with Crippen LogP contribution < -0.4 is 15.8 Å². The number of anilines is 2. The van der Waals surface area contributed by atoms with Gasteiger partial charge in [0.25, 0.3) is 0 Å². The molecule has 1 aromatic carbocycles. The monoisotopic (exact) mass is 520 g/mol. The second kappa shape index (κ2) is 8.78. The molecule has 4 N–H and O–H groups in total. The molecule has 0 spiro atoms. The molecule has 0 aliphatic heterocycles. The maximum Gasteiger partial charge on any atom is 0.416 e. The molecule has 0 saturated heterocycles. The van der Waals surface area contributed by atoms with Crippen LogP contribution in [-0.2, 0) is 22.7 Å². The lowest BCUT2D eigenvalue weighted by molar-refractivity contribution is -0.137. The van der Waals surface area contributed by atoms with Gasteiger partial charge in [0.1, 0.15) is 12.1 Å². The predicted molar refractivity (Wildman–Crippen MR) is 114 cm³/mol. The minimum Gasteiger partial charge on any atom is -0.359 e. The minimum absolute atomic E-state index is 0.112. The summed E-state index contributed by atoms with van der Waals surface area (Å²) < 4.78 is 101. The molecule has 1 aliphatic rings. The Labute approximate surface area is 195 Å². The van der Waals surface area contributed by atoms with Crippen molar-refractivity contribution >= 4 is 32.8 Å². The lowest BCUT2D eigenvalue weighted by Crippen LogP contribution is -2.22. The largest absolute Gasteiger partial charge is 0.416 e. The van der Waals surface area contributed by atoms with Gasteiger partial charge in [-0.2, -0.15) is 31.3 Å². The summed E-state index contributed by atoms with van der Waals surface area (Å²) in [4.78, 5) is 11.9. The van der Waals surface area contributed by atoms with Crippen LogP contribution in [-0.4, -0.2) is 36.1 Å². The average molecular weight is 520 g/mol. The number of nitrogens with zero attached hydrogens (tertiary/aromatic N) is 3. The molecule has 1 fully saturated rings. The van der Waals surface area contributed by atoms with E-state index in [1.807, 2.05) is 0 Å². The van der Waals surface area contributed by atoms with E-state index in [2.05, 4.69) is 25.6 Å². The summed E-state index contributed by atoms with van der Waals surface area (Å²) in [7, 11) is -4.44. The second-order valence-corrected chi connectivity index (χ2v) is 9.57. The predicted octanol–water partition coefficient (Wildman–Crippen LogP) is 4.15. The highest BCUT2D eigenvalue weighted by Gasteiger charge is 2.32. The maximum atomic E-state index is 13.2. The van der Waals surface area contributed by atoms with Gasteiger partial charge in [0.2, 0.25) is 16.0 Å². The molecule has 8 nitrogen and oxygen atoms in total. The maximum absolute atomic E-state index is 13.2. The zero-order chi connectivity index (χ0) is 25.6. The van der Waals surface area contributed by atoms with Crippen molar-refractivity contribution in [2.24, 2.45) is 5.14 Å². The van der Waals surface area contributed by atoms with E-state index in [9.17, 15) is 34.8 Å². The van der Waals surface area contributed by atoms with Crippen molar-refractivity contribution in [1.29, 1.82) is 0 Å². The number of pyridine rings is 1. The third-order valence-electron chi connectivity index (χ3n) is 5.09. The Hall–Kier alpha value is -3.20. The van der Waals surface area contributed by atoms with Crippen LogP contribution in [0, 0.1) is 0 Å². The fourth-order valence-electron chi connectivity index (χ4n) is 3.29.